The second kappa shape index (κ2) is 7.53. The van der Waals surface area contributed by atoms with E-state index in [4.69, 9.17) is 9.15 Å². The zero-order valence-electron chi connectivity index (χ0n) is 13.8. The number of methoxy groups -OCH3 is 1. The predicted molar refractivity (Wildman–Crippen MR) is 93.3 cm³/mol. The van der Waals surface area contributed by atoms with Crippen LogP contribution in [-0.2, 0) is 6.42 Å². The largest absolute Gasteiger partial charge is 0.497 e. The van der Waals surface area contributed by atoms with E-state index in [9.17, 15) is 9.59 Å². The second-order valence-corrected chi connectivity index (χ2v) is 5.41. The maximum absolute atomic E-state index is 12.3. The van der Waals surface area contributed by atoms with Crippen molar-refractivity contribution >= 4 is 5.91 Å². The fraction of sp³-hybridized carbons (Fsp3) is 0.158. The summed E-state index contributed by atoms with van der Waals surface area (Å²) in [6.07, 6.45) is 3.74. The number of amides is 1. The number of pyridine rings is 1. The van der Waals surface area contributed by atoms with Gasteiger partial charge in [-0.15, -0.1) is 0 Å². The Morgan fingerprint density at radius 3 is 2.64 bits per heavy atom. The molecule has 0 spiro atoms. The molecule has 128 valence electrons. The van der Waals surface area contributed by atoms with Gasteiger partial charge in [-0.25, -0.2) is 0 Å². The number of rotatable bonds is 6. The number of hydrogen-bond donors (Lipinski definition) is 1. The van der Waals surface area contributed by atoms with E-state index < -0.39 is 0 Å². The van der Waals surface area contributed by atoms with Crippen molar-refractivity contribution in [2.75, 3.05) is 13.7 Å². The van der Waals surface area contributed by atoms with Crippen LogP contribution in [0.3, 0.4) is 0 Å². The number of benzene rings is 1. The van der Waals surface area contributed by atoms with Gasteiger partial charge in [0, 0.05) is 30.9 Å². The number of aromatic nitrogens is 1. The molecule has 1 amide bonds. The van der Waals surface area contributed by atoms with Crippen molar-refractivity contribution in [2.45, 2.75) is 6.42 Å². The van der Waals surface area contributed by atoms with E-state index in [0.29, 0.717) is 30.0 Å². The molecule has 0 fully saturated rings. The van der Waals surface area contributed by atoms with E-state index in [-0.39, 0.29) is 11.5 Å². The second-order valence-electron chi connectivity index (χ2n) is 5.41. The molecule has 2 aromatic heterocycles. The average Bonchev–Trinajstić information content (AvgIpc) is 3.15. The first-order valence-electron chi connectivity index (χ1n) is 7.85. The Labute approximate surface area is 144 Å². The summed E-state index contributed by atoms with van der Waals surface area (Å²) in [5.74, 6) is 1.26. The van der Waals surface area contributed by atoms with Crippen LogP contribution >= 0.6 is 0 Å². The summed E-state index contributed by atoms with van der Waals surface area (Å²) < 4.78 is 11.8. The quantitative estimate of drug-likeness (QED) is 0.749. The van der Waals surface area contributed by atoms with Crippen LogP contribution in [0, 0.1) is 0 Å². The molecule has 0 atom stereocenters. The molecule has 0 aliphatic rings. The summed E-state index contributed by atoms with van der Waals surface area (Å²) in [4.78, 5) is 24.4. The molecular formula is C19H18N2O4. The van der Waals surface area contributed by atoms with Crippen molar-refractivity contribution in [2.24, 2.45) is 0 Å². The Hall–Kier alpha value is -3.28. The molecule has 0 aliphatic carbocycles. The molecule has 0 bridgehead atoms. The van der Waals surface area contributed by atoms with E-state index in [2.05, 4.69) is 5.32 Å². The first-order chi connectivity index (χ1) is 12.2. The molecule has 25 heavy (non-hydrogen) atoms. The molecule has 1 aromatic carbocycles. The lowest BCUT2D eigenvalue weighted by Crippen LogP contribution is -2.27. The SMILES string of the molecule is COc1ccc(-n2cc(C(=O)NCCc3ccco3)ccc2=O)cc1. The zero-order valence-corrected chi connectivity index (χ0v) is 13.8. The smallest absolute Gasteiger partial charge is 0.255 e. The summed E-state index contributed by atoms with van der Waals surface area (Å²) in [6.45, 7) is 0.452. The summed E-state index contributed by atoms with van der Waals surface area (Å²) in [5.41, 5.74) is 0.864. The molecule has 6 nitrogen and oxygen atoms in total. The van der Waals surface area contributed by atoms with E-state index in [1.165, 1.54) is 22.9 Å². The van der Waals surface area contributed by atoms with Crippen molar-refractivity contribution in [3.8, 4) is 11.4 Å². The molecule has 0 saturated heterocycles. The molecule has 2 heterocycles. The summed E-state index contributed by atoms with van der Waals surface area (Å²) in [7, 11) is 1.58. The first-order valence-corrected chi connectivity index (χ1v) is 7.85. The number of carbonyl (C=O) groups is 1. The van der Waals surface area contributed by atoms with Crippen LogP contribution < -0.4 is 15.6 Å². The van der Waals surface area contributed by atoms with Crippen LogP contribution in [0.2, 0.25) is 0 Å². The number of ether oxygens (including phenoxy) is 1. The first kappa shape index (κ1) is 16.6. The molecular weight excluding hydrogens is 320 g/mol. The van der Waals surface area contributed by atoms with Gasteiger partial charge < -0.3 is 14.5 Å². The van der Waals surface area contributed by atoms with Crippen molar-refractivity contribution in [3.05, 3.63) is 82.7 Å². The van der Waals surface area contributed by atoms with E-state index in [1.54, 1.807) is 37.6 Å². The lowest BCUT2D eigenvalue weighted by molar-refractivity contribution is 0.0953. The fourth-order valence-corrected chi connectivity index (χ4v) is 2.42. The van der Waals surface area contributed by atoms with Gasteiger partial charge >= 0.3 is 0 Å². The number of nitrogens with zero attached hydrogens (tertiary/aromatic N) is 1. The van der Waals surface area contributed by atoms with Gasteiger partial charge in [0.2, 0.25) is 0 Å². The van der Waals surface area contributed by atoms with E-state index in [0.717, 1.165) is 5.76 Å². The lowest BCUT2D eigenvalue weighted by Gasteiger charge is -2.09. The highest BCUT2D eigenvalue weighted by molar-refractivity contribution is 5.93. The van der Waals surface area contributed by atoms with Gasteiger partial charge in [-0.2, -0.15) is 0 Å². The van der Waals surface area contributed by atoms with Crippen LogP contribution in [0.1, 0.15) is 16.1 Å². The molecule has 0 unspecified atom stereocenters. The van der Waals surface area contributed by atoms with Crippen molar-refractivity contribution in [3.63, 3.8) is 0 Å². The fourth-order valence-electron chi connectivity index (χ4n) is 2.42. The lowest BCUT2D eigenvalue weighted by atomic mass is 10.2. The third kappa shape index (κ3) is 3.98. The van der Waals surface area contributed by atoms with E-state index >= 15 is 0 Å². The third-order valence-corrected chi connectivity index (χ3v) is 3.76. The standard InChI is InChI=1S/C19H18N2O4/c1-24-16-7-5-15(6-8-16)21-13-14(4-9-18(21)22)19(23)20-11-10-17-3-2-12-25-17/h2-9,12-13H,10-11H2,1H3,(H,20,23). The van der Waals surface area contributed by atoms with Gasteiger partial charge in [0.05, 0.1) is 18.9 Å². The minimum Gasteiger partial charge on any atom is -0.497 e. The Morgan fingerprint density at radius 1 is 1.16 bits per heavy atom. The van der Waals surface area contributed by atoms with Crippen LogP contribution in [0.15, 0.2) is 70.2 Å². The molecule has 0 aliphatic heterocycles. The Kier molecular flexibility index (Phi) is 4.99. The van der Waals surface area contributed by atoms with Crippen LogP contribution in [-0.4, -0.2) is 24.1 Å². The van der Waals surface area contributed by atoms with Crippen LogP contribution in [0.25, 0.3) is 5.69 Å². The minimum absolute atomic E-state index is 0.211. The summed E-state index contributed by atoms with van der Waals surface area (Å²) in [5, 5.41) is 2.82. The van der Waals surface area contributed by atoms with Gasteiger partial charge in [-0.1, -0.05) is 0 Å². The number of carbonyl (C=O) groups excluding carboxylic acids is 1. The van der Waals surface area contributed by atoms with Gasteiger partial charge in [0.25, 0.3) is 11.5 Å². The van der Waals surface area contributed by atoms with Crippen molar-refractivity contribution in [1.82, 2.24) is 9.88 Å². The third-order valence-electron chi connectivity index (χ3n) is 3.76. The normalized spacial score (nSPS) is 10.4. The summed E-state index contributed by atoms with van der Waals surface area (Å²) in [6, 6.07) is 13.6. The zero-order chi connectivity index (χ0) is 17.6. The molecule has 3 aromatic rings. The molecule has 6 heteroatoms. The summed E-state index contributed by atoms with van der Waals surface area (Å²) >= 11 is 0. The highest BCUT2D eigenvalue weighted by Crippen LogP contribution is 2.14. The van der Waals surface area contributed by atoms with Crippen LogP contribution in [0.4, 0.5) is 0 Å². The van der Waals surface area contributed by atoms with Gasteiger partial charge in [-0.05, 0) is 42.5 Å². The van der Waals surface area contributed by atoms with Crippen LogP contribution in [0.5, 0.6) is 5.75 Å². The van der Waals surface area contributed by atoms with E-state index in [1.807, 2.05) is 12.1 Å². The predicted octanol–water partition coefficient (Wildman–Crippen LogP) is 2.41. The Balaban J connectivity index is 1.73. The molecule has 0 radical (unpaired) electrons. The molecule has 0 saturated carbocycles. The molecule has 1 N–H and O–H groups in total. The average molecular weight is 338 g/mol. The van der Waals surface area contributed by atoms with Crippen molar-refractivity contribution in [1.29, 1.82) is 0 Å². The number of hydrogen-bond acceptors (Lipinski definition) is 4. The Morgan fingerprint density at radius 2 is 1.96 bits per heavy atom. The topological polar surface area (TPSA) is 73.5 Å². The maximum atomic E-state index is 12.3. The Bertz CT molecular complexity index is 896. The van der Waals surface area contributed by atoms with Gasteiger partial charge in [-0.3, -0.25) is 14.2 Å². The van der Waals surface area contributed by atoms with Gasteiger partial charge in [0.15, 0.2) is 0 Å². The molecule has 3 rings (SSSR count). The highest BCUT2D eigenvalue weighted by atomic mass is 16.5. The maximum Gasteiger partial charge on any atom is 0.255 e. The number of nitrogens with one attached hydrogen (secondary N) is 1. The number of furan rings is 1. The van der Waals surface area contributed by atoms with Crippen molar-refractivity contribution < 1.29 is 13.9 Å². The minimum atomic E-state index is -0.242. The van der Waals surface area contributed by atoms with Gasteiger partial charge in [0.1, 0.15) is 11.5 Å². The monoisotopic (exact) mass is 338 g/mol. The highest BCUT2D eigenvalue weighted by Gasteiger charge is 2.09.